The molecule has 2 aromatic carbocycles. The maximum Gasteiger partial charge on any atom is 0.243 e. The Balaban J connectivity index is 1.67. The van der Waals surface area contributed by atoms with E-state index in [0.717, 1.165) is 6.42 Å². The second kappa shape index (κ2) is 8.10. The van der Waals surface area contributed by atoms with Gasteiger partial charge in [-0.15, -0.1) is 0 Å². The average Bonchev–Trinajstić information content (AvgIpc) is 2.84. The van der Waals surface area contributed by atoms with Crippen LogP contribution in [0.4, 0.5) is 11.4 Å². The molecular weight excluding hydrogens is 356 g/mol. The Bertz CT molecular complexity index is 838. The smallest absolute Gasteiger partial charge is 0.243 e. The first-order chi connectivity index (χ1) is 12.5. The lowest BCUT2D eigenvalue weighted by Crippen LogP contribution is -2.23. The number of halogens is 1. The highest BCUT2D eigenvalue weighted by Gasteiger charge is 2.15. The van der Waals surface area contributed by atoms with Crippen molar-refractivity contribution >= 4 is 34.7 Å². The number of amides is 1. The van der Waals surface area contributed by atoms with E-state index in [1.807, 2.05) is 0 Å². The van der Waals surface area contributed by atoms with Crippen molar-refractivity contribution in [3.63, 3.8) is 0 Å². The van der Waals surface area contributed by atoms with Gasteiger partial charge in [0.15, 0.2) is 17.3 Å². The molecule has 2 aromatic rings. The Morgan fingerprint density at radius 3 is 2.50 bits per heavy atom. The zero-order valence-electron chi connectivity index (χ0n) is 14.3. The molecule has 0 unspecified atom stereocenters. The van der Waals surface area contributed by atoms with Crippen LogP contribution >= 0.6 is 11.6 Å². The summed E-state index contributed by atoms with van der Waals surface area (Å²) in [5, 5.41) is 6.16. The minimum Gasteiger partial charge on any atom is -0.490 e. The Kier molecular flexibility index (Phi) is 5.63. The van der Waals surface area contributed by atoms with Gasteiger partial charge in [-0.3, -0.25) is 9.59 Å². The maximum absolute atomic E-state index is 12.2. The van der Waals surface area contributed by atoms with Crippen LogP contribution in [-0.2, 0) is 4.79 Å². The molecule has 0 aliphatic carbocycles. The Hall–Kier alpha value is -2.73. The lowest BCUT2D eigenvalue weighted by molar-refractivity contribution is -0.114. The van der Waals surface area contributed by atoms with E-state index in [1.165, 1.54) is 6.92 Å². The predicted molar refractivity (Wildman–Crippen MR) is 101 cm³/mol. The summed E-state index contributed by atoms with van der Waals surface area (Å²) in [5.41, 5.74) is 1.52. The molecule has 0 saturated heterocycles. The lowest BCUT2D eigenvalue weighted by Gasteiger charge is -2.14. The average molecular weight is 375 g/mol. The van der Waals surface area contributed by atoms with Crippen molar-refractivity contribution in [3.8, 4) is 11.5 Å². The van der Waals surface area contributed by atoms with Gasteiger partial charge in [-0.2, -0.15) is 0 Å². The Morgan fingerprint density at radius 1 is 1.08 bits per heavy atom. The quantitative estimate of drug-likeness (QED) is 0.779. The van der Waals surface area contributed by atoms with Gasteiger partial charge in [0.25, 0.3) is 0 Å². The number of hydrogen-bond acceptors (Lipinski definition) is 5. The number of anilines is 2. The van der Waals surface area contributed by atoms with Gasteiger partial charge in [0.2, 0.25) is 5.91 Å². The molecule has 1 heterocycles. The van der Waals surface area contributed by atoms with E-state index in [1.54, 1.807) is 36.4 Å². The van der Waals surface area contributed by atoms with Crippen molar-refractivity contribution in [3.05, 3.63) is 47.0 Å². The minimum absolute atomic E-state index is 0.00833. The highest BCUT2D eigenvalue weighted by molar-refractivity contribution is 6.33. The fraction of sp³-hybridized carbons (Fsp3) is 0.263. The standard InChI is InChI=1S/C19H19ClN2O4/c1-12(23)13-5-2-3-6-15(13)22-19(24)11-21-16-10-18-17(9-14(16)20)25-7-4-8-26-18/h2-3,5-6,9-10,21H,4,7-8,11H2,1H3,(H,22,24). The summed E-state index contributed by atoms with van der Waals surface area (Å²) in [6.45, 7) is 2.59. The number of rotatable bonds is 5. The molecule has 0 fully saturated rings. The normalized spacial score (nSPS) is 12.8. The van der Waals surface area contributed by atoms with Crippen LogP contribution < -0.4 is 20.1 Å². The molecule has 0 saturated carbocycles. The molecule has 0 bridgehead atoms. The van der Waals surface area contributed by atoms with E-state index in [0.29, 0.717) is 46.7 Å². The Labute approximate surface area is 156 Å². The van der Waals surface area contributed by atoms with Gasteiger partial charge in [-0.1, -0.05) is 23.7 Å². The van der Waals surface area contributed by atoms with Crippen molar-refractivity contribution in [1.82, 2.24) is 0 Å². The van der Waals surface area contributed by atoms with E-state index < -0.39 is 0 Å². The number of carbonyl (C=O) groups is 2. The van der Waals surface area contributed by atoms with E-state index in [4.69, 9.17) is 21.1 Å². The number of carbonyl (C=O) groups excluding carboxylic acids is 2. The van der Waals surface area contributed by atoms with Gasteiger partial charge < -0.3 is 20.1 Å². The summed E-state index contributed by atoms with van der Waals surface area (Å²) in [7, 11) is 0. The number of fused-ring (bicyclic) bond motifs is 1. The molecule has 6 nitrogen and oxygen atoms in total. The van der Waals surface area contributed by atoms with Gasteiger partial charge in [0.1, 0.15) is 0 Å². The van der Waals surface area contributed by atoms with E-state index in [-0.39, 0.29) is 18.2 Å². The third kappa shape index (κ3) is 4.26. The number of ketones is 1. The van der Waals surface area contributed by atoms with Crippen molar-refractivity contribution < 1.29 is 19.1 Å². The van der Waals surface area contributed by atoms with Crippen molar-refractivity contribution in [2.45, 2.75) is 13.3 Å². The summed E-state index contributed by atoms with van der Waals surface area (Å²) < 4.78 is 11.2. The van der Waals surface area contributed by atoms with Crippen LogP contribution in [0.3, 0.4) is 0 Å². The topological polar surface area (TPSA) is 76.7 Å². The lowest BCUT2D eigenvalue weighted by atomic mass is 10.1. The van der Waals surface area contributed by atoms with E-state index in [2.05, 4.69) is 10.6 Å². The van der Waals surface area contributed by atoms with Crippen LogP contribution in [0, 0.1) is 0 Å². The molecule has 0 radical (unpaired) electrons. The molecule has 3 rings (SSSR count). The van der Waals surface area contributed by atoms with Crippen LogP contribution in [0.1, 0.15) is 23.7 Å². The van der Waals surface area contributed by atoms with Crippen LogP contribution in [0.25, 0.3) is 0 Å². The first kappa shape index (κ1) is 18.1. The van der Waals surface area contributed by atoms with E-state index in [9.17, 15) is 9.59 Å². The second-order valence-electron chi connectivity index (χ2n) is 5.83. The number of benzene rings is 2. The first-order valence-corrected chi connectivity index (χ1v) is 8.65. The molecule has 0 atom stereocenters. The van der Waals surface area contributed by atoms with Crippen LogP contribution in [0.15, 0.2) is 36.4 Å². The van der Waals surface area contributed by atoms with Gasteiger partial charge in [0, 0.05) is 24.1 Å². The molecule has 26 heavy (non-hydrogen) atoms. The number of ether oxygens (including phenoxy) is 2. The first-order valence-electron chi connectivity index (χ1n) is 8.27. The zero-order chi connectivity index (χ0) is 18.5. The van der Waals surface area contributed by atoms with Gasteiger partial charge in [-0.05, 0) is 19.1 Å². The number of Topliss-reactive ketones (excluding diaryl/α,β-unsaturated/α-hetero) is 1. The predicted octanol–water partition coefficient (Wildman–Crippen LogP) is 3.75. The number of nitrogens with one attached hydrogen (secondary N) is 2. The van der Waals surface area contributed by atoms with Crippen LogP contribution in [0.5, 0.6) is 11.5 Å². The monoisotopic (exact) mass is 374 g/mol. The molecule has 1 amide bonds. The minimum atomic E-state index is -0.290. The van der Waals surface area contributed by atoms with Crippen molar-refractivity contribution in [2.24, 2.45) is 0 Å². The molecule has 136 valence electrons. The van der Waals surface area contributed by atoms with E-state index >= 15 is 0 Å². The molecule has 2 N–H and O–H groups in total. The zero-order valence-corrected chi connectivity index (χ0v) is 15.1. The van der Waals surface area contributed by atoms with Gasteiger partial charge >= 0.3 is 0 Å². The number of hydrogen-bond donors (Lipinski definition) is 2. The fourth-order valence-corrected chi connectivity index (χ4v) is 2.81. The SMILES string of the molecule is CC(=O)c1ccccc1NC(=O)CNc1cc2c(cc1Cl)OCCCO2. The summed E-state index contributed by atoms with van der Waals surface area (Å²) in [5.74, 6) is 0.788. The van der Waals surface area contributed by atoms with Gasteiger partial charge in [-0.25, -0.2) is 0 Å². The fourth-order valence-electron chi connectivity index (χ4n) is 2.59. The highest BCUT2D eigenvalue weighted by Crippen LogP contribution is 2.37. The summed E-state index contributed by atoms with van der Waals surface area (Å²) in [4.78, 5) is 23.9. The highest BCUT2D eigenvalue weighted by atomic mass is 35.5. The summed E-state index contributed by atoms with van der Waals surface area (Å²) >= 11 is 6.25. The Morgan fingerprint density at radius 2 is 1.77 bits per heavy atom. The molecule has 1 aliphatic heterocycles. The molecule has 0 aromatic heterocycles. The maximum atomic E-state index is 12.2. The summed E-state index contributed by atoms with van der Waals surface area (Å²) in [6, 6.07) is 10.3. The van der Waals surface area contributed by atoms with Gasteiger partial charge in [0.05, 0.1) is 36.2 Å². The third-order valence-corrected chi connectivity index (χ3v) is 4.17. The molecule has 7 heteroatoms. The van der Waals surface area contributed by atoms with Crippen LogP contribution in [0.2, 0.25) is 5.02 Å². The third-order valence-electron chi connectivity index (χ3n) is 3.86. The summed E-state index contributed by atoms with van der Waals surface area (Å²) in [6.07, 6.45) is 0.799. The molecular formula is C19H19ClN2O4. The van der Waals surface area contributed by atoms with Crippen LogP contribution in [-0.4, -0.2) is 31.4 Å². The number of para-hydroxylation sites is 1. The van der Waals surface area contributed by atoms with Crippen molar-refractivity contribution in [1.29, 1.82) is 0 Å². The largest absolute Gasteiger partial charge is 0.490 e. The molecule has 0 spiro atoms. The van der Waals surface area contributed by atoms with Crippen molar-refractivity contribution in [2.75, 3.05) is 30.4 Å². The molecule has 1 aliphatic rings. The second-order valence-corrected chi connectivity index (χ2v) is 6.24.